The van der Waals surface area contributed by atoms with E-state index in [1.807, 2.05) is 55.5 Å². The lowest BCUT2D eigenvalue weighted by Crippen LogP contribution is -2.30. The van der Waals surface area contributed by atoms with Gasteiger partial charge in [0.05, 0.1) is 22.5 Å². The summed E-state index contributed by atoms with van der Waals surface area (Å²) in [4.78, 5) is 24.3. The molecule has 0 saturated heterocycles. The molecule has 2 aromatic carbocycles. The first kappa shape index (κ1) is 18.3. The van der Waals surface area contributed by atoms with Crippen LogP contribution in [0.25, 0.3) is 10.2 Å². The molecular formula is C23H21N3OS. The molecule has 0 aliphatic carbocycles. The predicted octanol–water partition coefficient (Wildman–Crippen LogP) is 5.41. The van der Waals surface area contributed by atoms with Crippen LogP contribution in [0.5, 0.6) is 0 Å². The van der Waals surface area contributed by atoms with E-state index in [4.69, 9.17) is 4.98 Å². The van der Waals surface area contributed by atoms with Crippen LogP contribution in [-0.2, 0) is 13.0 Å². The maximum absolute atomic E-state index is 13.4. The third-order valence-electron chi connectivity index (χ3n) is 4.69. The van der Waals surface area contributed by atoms with E-state index < -0.39 is 0 Å². The topological polar surface area (TPSA) is 46.1 Å². The third-order valence-corrected chi connectivity index (χ3v) is 5.74. The highest BCUT2D eigenvalue weighted by molar-refractivity contribution is 7.22. The Bertz CT molecular complexity index is 1100. The molecule has 0 N–H and O–H groups in total. The minimum Gasteiger partial charge on any atom is -0.278 e. The summed E-state index contributed by atoms with van der Waals surface area (Å²) in [5.74, 6) is -0.0669. The Hall–Kier alpha value is -3.05. The molecule has 0 saturated carbocycles. The minimum atomic E-state index is -0.0669. The average Bonchev–Trinajstić information content (AvgIpc) is 3.17. The van der Waals surface area contributed by atoms with E-state index >= 15 is 0 Å². The van der Waals surface area contributed by atoms with E-state index in [2.05, 4.69) is 24.0 Å². The molecule has 0 atom stereocenters. The molecule has 0 aliphatic rings. The largest absolute Gasteiger partial charge is 0.278 e. The highest BCUT2D eigenvalue weighted by Crippen LogP contribution is 2.32. The summed E-state index contributed by atoms with van der Waals surface area (Å²) in [5.41, 5.74) is 4.78. The molecule has 1 amide bonds. The van der Waals surface area contributed by atoms with Gasteiger partial charge < -0.3 is 0 Å². The monoisotopic (exact) mass is 387 g/mol. The lowest BCUT2D eigenvalue weighted by atomic mass is 10.1. The molecule has 0 bridgehead atoms. The zero-order valence-electron chi connectivity index (χ0n) is 15.9. The summed E-state index contributed by atoms with van der Waals surface area (Å²) < 4.78 is 1.09. The number of thiazole rings is 1. The summed E-state index contributed by atoms with van der Waals surface area (Å²) in [6.07, 6.45) is 2.66. The van der Waals surface area contributed by atoms with Crippen LogP contribution in [-0.4, -0.2) is 15.9 Å². The van der Waals surface area contributed by atoms with Crippen molar-refractivity contribution in [3.8, 4) is 0 Å². The normalized spacial score (nSPS) is 10.9. The van der Waals surface area contributed by atoms with E-state index in [1.54, 1.807) is 22.4 Å². The SMILES string of the molecule is CCc1cccc2sc(N(Cc3ccccn3)C(=O)c3ccc(C)cc3)nc12. The number of para-hydroxylation sites is 1. The Morgan fingerprint density at radius 1 is 1.04 bits per heavy atom. The number of carbonyl (C=O) groups is 1. The van der Waals surface area contributed by atoms with Gasteiger partial charge in [-0.2, -0.15) is 0 Å². The molecule has 4 nitrogen and oxygen atoms in total. The molecule has 0 spiro atoms. The van der Waals surface area contributed by atoms with E-state index in [-0.39, 0.29) is 5.91 Å². The quantitative estimate of drug-likeness (QED) is 0.460. The van der Waals surface area contributed by atoms with Crippen molar-refractivity contribution in [2.75, 3.05) is 4.90 Å². The van der Waals surface area contributed by atoms with Crippen LogP contribution in [0.1, 0.15) is 34.1 Å². The van der Waals surface area contributed by atoms with Gasteiger partial charge in [0, 0.05) is 11.8 Å². The number of nitrogens with zero attached hydrogens (tertiary/aromatic N) is 3. The van der Waals surface area contributed by atoms with Gasteiger partial charge in [-0.3, -0.25) is 14.7 Å². The number of hydrogen-bond acceptors (Lipinski definition) is 4. The Morgan fingerprint density at radius 2 is 1.86 bits per heavy atom. The zero-order chi connectivity index (χ0) is 19.5. The molecule has 28 heavy (non-hydrogen) atoms. The van der Waals surface area contributed by atoms with Gasteiger partial charge in [-0.1, -0.05) is 54.2 Å². The standard InChI is InChI=1S/C23H21N3OS/c1-3-17-7-6-9-20-21(17)25-23(28-20)26(15-19-8-4-5-14-24-19)22(27)18-12-10-16(2)11-13-18/h4-14H,3,15H2,1-2H3. The summed E-state index contributed by atoms with van der Waals surface area (Å²) in [5, 5.41) is 0.701. The Balaban J connectivity index is 1.78. The Morgan fingerprint density at radius 3 is 2.57 bits per heavy atom. The maximum Gasteiger partial charge on any atom is 0.260 e. The summed E-state index contributed by atoms with van der Waals surface area (Å²) in [6, 6.07) is 19.6. The van der Waals surface area contributed by atoms with Crippen molar-refractivity contribution in [3.63, 3.8) is 0 Å². The summed E-state index contributed by atoms with van der Waals surface area (Å²) >= 11 is 1.55. The second-order valence-corrected chi connectivity index (χ2v) is 7.70. The molecule has 4 aromatic rings. The number of aromatic nitrogens is 2. The van der Waals surface area contributed by atoms with Gasteiger partial charge in [0.2, 0.25) is 0 Å². The van der Waals surface area contributed by atoms with Crippen LogP contribution < -0.4 is 4.90 Å². The van der Waals surface area contributed by atoms with Crippen molar-refractivity contribution in [1.29, 1.82) is 0 Å². The number of carbonyl (C=O) groups excluding carboxylic acids is 1. The number of rotatable bonds is 5. The van der Waals surface area contributed by atoms with Crippen LogP contribution in [0.3, 0.4) is 0 Å². The van der Waals surface area contributed by atoms with Crippen LogP contribution >= 0.6 is 11.3 Å². The van der Waals surface area contributed by atoms with Crippen molar-refractivity contribution in [2.24, 2.45) is 0 Å². The molecule has 0 unspecified atom stereocenters. The van der Waals surface area contributed by atoms with Crippen LogP contribution in [0.2, 0.25) is 0 Å². The predicted molar refractivity (Wildman–Crippen MR) is 115 cm³/mol. The fourth-order valence-corrected chi connectivity index (χ4v) is 4.14. The van der Waals surface area contributed by atoms with Crippen LogP contribution in [0.4, 0.5) is 5.13 Å². The van der Waals surface area contributed by atoms with Crippen LogP contribution in [0, 0.1) is 6.92 Å². The van der Waals surface area contributed by atoms with E-state index in [0.717, 1.165) is 27.9 Å². The Labute approximate surface area is 168 Å². The molecule has 4 rings (SSSR count). The summed E-state index contributed by atoms with van der Waals surface area (Å²) in [7, 11) is 0. The van der Waals surface area contributed by atoms with Crippen molar-refractivity contribution < 1.29 is 4.79 Å². The third kappa shape index (κ3) is 3.66. The van der Waals surface area contributed by atoms with Crippen LogP contribution in [0.15, 0.2) is 66.9 Å². The molecule has 0 radical (unpaired) electrons. The maximum atomic E-state index is 13.4. The van der Waals surface area contributed by atoms with Gasteiger partial charge >= 0.3 is 0 Å². The van der Waals surface area contributed by atoms with Crippen molar-refractivity contribution in [2.45, 2.75) is 26.8 Å². The average molecular weight is 388 g/mol. The van der Waals surface area contributed by atoms with E-state index in [1.165, 1.54) is 5.56 Å². The van der Waals surface area contributed by atoms with E-state index in [9.17, 15) is 4.79 Å². The fraction of sp³-hybridized carbons (Fsp3) is 0.174. The molecule has 2 heterocycles. The summed E-state index contributed by atoms with van der Waals surface area (Å²) in [6.45, 7) is 4.52. The number of fused-ring (bicyclic) bond motifs is 1. The number of hydrogen-bond donors (Lipinski definition) is 0. The zero-order valence-corrected chi connectivity index (χ0v) is 16.7. The second-order valence-electron chi connectivity index (χ2n) is 6.69. The van der Waals surface area contributed by atoms with Crippen molar-refractivity contribution in [1.82, 2.24) is 9.97 Å². The van der Waals surface area contributed by atoms with Gasteiger partial charge in [-0.25, -0.2) is 4.98 Å². The lowest BCUT2D eigenvalue weighted by molar-refractivity contribution is 0.0985. The molecule has 0 aliphatic heterocycles. The van der Waals surface area contributed by atoms with Crippen molar-refractivity contribution >= 4 is 32.6 Å². The van der Waals surface area contributed by atoms with Gasteiger partial charge in [0.1, 0.15) is 0 Å². The highest BCUT2D eigenvalue weighted by Gasteiger charge is 2.22. The number of pyridine rings is 1. The number of anilines is 1. The smallest absolute Gasteiger partial charge is 0.260 e. The first-order chi connectivity index (χ1) is 13.7. The first-order valence-corrected chi connectivity index (χ1v) is 10.1. The second kappa shape index (κ2) is 7.90. The first-order valence-electron chi connectivity index (χ1n) is 9.32. The lowest BCUT2D eigenvalue weighted by Gasteiger charge is -2.19. The Kier molecular flexibility index (Phi) is 5.17. The number of amides is 1. The minimum absolute atomic E-state index is 0.0669. The van der Waals surface area contributed by atoms with Gasteiger partial charge in [-0.05, 0) is 49.2 Å². The number of aryl methyl sites for hydroxylation is 2. The molecule has 2 aromatic heterocycles. The fourth-order valence-electron chi connectivity index (χ4n) is 3.13. The molecule has 5 heteroatoms. The van der Waals surface area contributed by atoms with Gasteiger partial charge in [0.25, 0.3) is 5.91 Å². The van der Waals surface area contributed by atoms with Crippen molar-refractivity contribution in [3.05, 3.63) is 89.2 Å². The van der Waals surface area contributed by atoms with Gasteiger partial charge in [-0.15, -0.1) is 0 Å². The molecule has 0 fully saturated rings. The molecular weight excluding hydrogens is 366 g/mol. The van der Waals surface area contributed by atoms with Gasteiger partial charge in [0.15, 0.2) is 5.13 Å². The number of benzene rings is 2. The molecule has 140 valence electrons. The highest BCUT2D eigenvalue weighted by atomic mass is 32.1. The van der Waals surface area contributed by atoms with E-state index in [0.29, 0.717) is 17.2 Å².